The molecule has 1 atom stereocenters. The van der Waals surface area contributed by atoms with Crippen LogP contribution in [0.4, 0.5) is 0 Å². The summed E-state index contributed by atoms with van der Waals surface area (Å²) in [7, 11) is 2.06. The summed E-state index contributed by atoms with van der Waals surface area (Å²) in [6.07, 6.45) is 1.56. The third kappa shape index (κ3) is 4.36. The first-order chi connectivity index (χ1) is 8.02. The van der Waals surface area contributed by atoms with Crippen molar-refractivity contribution in [3.8, 4) is 0 Å². The summed E-state index contributed by atoms with van der Waals surface area (Å²) in [5, 5.41) is 7.99. The maximum absolute atomic E-state index is 7.18. The van der Waals surface area contributed by atoms with Gasteiger partial charge in [0.2, 0.25) is 0 Å². The van der Waals surface area contributed by atoms with Gasteiger partial charge >= 0.3 is 0 Å². The number of nitrogens with two attached hydrogens (primary N) is 1. The minimum Gasteiger partial charge on any atom is -0.388 e. The van der Waals surface area contributed by atoms with Crippen LogP contribution in [0.3, 0.4) is 0 Å². The molecule has 1 unspecified atom stereocenters. The van der Waals surface area contributed by atoms with Crippen LogP contribution in [-0.4, -0.2) is 24.3 Å². The van der Waals surface area contributed by atoms with Crippen molar-refractivity contribution in [2.45, 2.75) is 25.8 Å². The maximum atomic E-state index is 7.18. The van der Waals surface area contributed by atoms with Gasteiger partial charge in [0, 0.05) is 17.5 Å². The lowest BCUT2D eigenvalue weighted by atomic mass is 10.1. The number of nitrogens with one attached hydrogen (secondary N) is 1. The summed E-state index contributed by atoms with van der Waals surface area (Å²) in [6.45, 7) is 3.04. The second-order valence-electron chi connectivity index (χ2n) is 4.31. The molecule has 1 aromatic rings. The standard InChI is InChI=1S/C13H20ClN3/c1-10(11-6-3-4-7-12(11)14)17(2)9-5-8-13(15)16/h3-4,6-7,10H,5,8-9H2,1-2H3,(H3,15,16). The monoisotopic (exact) mass is 253 g/mol. The molecule has 0 spiro atoms. The van der Waals surface area contributed by atoms with Crippen molar-refractivity contribution in [3.05, 3.63) is 34.9 Å². The van der Waals surface area contributed by atoms with Crippen molar-refractivity contribution < 1.29 is 0 Å². The minimum atomic E-state index is 0.254. The number of nitrogens with zero attached hydrogens (tertiary/aromatic N) is 1. The Morgan fingerprint density at radius 1 is 1.47 bits per heavy atom. The van der Waals surface area contributed by atoms with Gasteiger partial charge in [0.05, 0.1) is 5.84 Å². The van der Waals surface area contributed by atoms with Gasteiger partial charge in [-0.25, -0.2) is 0 Å². The van der Waals surface area contributed by atoms with Crippen LogP contribution < -0.4 is 5.73 Å². The van der Waals surface area contributed by atoms with Crippen LogP contribution in [0, 0.1) is 5.41 Å². The summed E-state index contributed by atoms with van der Waals surface area (Å²) < 4.78 is 0. The number of amidine groups is 1. The maximum Gasteiger partial charge on any atom is 0.0905 e. The van der Waals surface area contributed by atoms with Gasteiger partial charge in [0.25, 0.3) is 0 Å². The second-order valence-corrected chi connectivity index (χ2v) is 4.71. The Morgan fingerprint density at radius 2 is 2.12 bits per heavy atom. The Hall–Kier alpha value is -1.06. The zero-order valence-corrected chi connectivity index (χ0v) is 11.2. The van der Waals surface area contributed by atoms with Crippen LogP contribution in [0.25, 0.3) is 0 Å². The van der Waals surface area contributed by atoms with E-state index in [1.54, 1.807) is 0 Å². The third-order valence-electron chi connectivity index (χ3n) is 2.97. The Bertz CT molecular complexity index is 379. The zero-order chi connectivity index (χ0) is 12.8. The van der Waals surface area contributed by atoms with E-state index in [0.717, 1.165) is 23.6 Å². The predicted molar refractivity (Wildman–Crippen MR) is 73.6 cm³/mol. The fourth-order valence-electron chi connectivity index (χ4n) is 1.76. The Morgan fingerprint density at radius 3 is 2.71 bits per heavy atom. The van der Waals surface area contributed by atoms with Gasteiger partial charge in [-0.05, 0) is 38.6 Å². The highest BCUT2D eigenvalue weighted by molar-refractivity contribution is 6.31. The van der Waals surface area contributed by atoms with Crippen molar-refractivity contribution in [1.82, 2.24) is 4.90 Å². The number of hydrogen-bond acceptors (Lipinski definition) is 2. The largest absolute Gasteiger partial charge is 0.388 e. The van der Waals surface area contributed by atoms with Crippen LogP contribution in [0.15, 0.2) is 24.3 Å². The summed E-state index contributed by atoms with van der Waals surface area (Å²) in [4.78, 5) is 2.23. The molecular formula is C13H20ClN3. The van der Waals surface area contributed by atoms with Gasteiger partial charge in [-0.1, -0.05) is 29.8 Å². The molecule has 0 aliphatic rings. The van der Waals surface area contributed by atoms with E-state index >= 15 is 0 Å². The normalized spacial score (nSPS) is 12.7. The lowest BCUT2D eigenvalue weighted by Gasteiger charge is -2.25. The third-order valence-corrected chi connectivity index (χ3v) is 3.32. The zero-order valence-electron chi connectivity index (χ0n) is 10.4. The molecule has 1 aromatic carbocycles. The van der Waals surface area contributed by atoms with E-state index in [4.69, 9.17) is 22.7 Å². The lowest BCUT2D eigenvalue weighted by Crippen LogP contribution is -2.24. The van der Waals surface area contributed by atoms with Crippen molar-refractivity contribution in [1.29, 1.82) is 5.41 Å². The highest BCUT2D eigenvalue weighted by Gasteiger charge is 2.13. The van der Waals surface area contributed by atoms with Crippen molar-refractivity contribution in [2.75, 3.05) is 13.6 Å². The highest BCUT2D eigenvalue weighted by Crippen LogP contribution is 2.26. The molecule has 0 amide bonds. The molecule has 4 heteroatoms. The van der Waals surface area contributed by atoms with Crippen LogP contribution in [0.5, 0.6) is 0 Å². The van der Waals surface area contributed by atoms with Crippen molar-refractivity contribution in [2.24, 2.45) is 5.73 Å². The first kappa shape index (κ1) is 14.0. The molecule has 3 N–H and O–H groups in total. The van der Waals surface area contributed by atoms with E-state index in [0.29, 0.717) is 6.42 Å². The molecule has 0 aliphatic heterocycles. The van der Waals surface area contributed by atoms with E-state index in [-0.39, 0.29) is 11.9 Å². The van der Waals surface area contributed by atoms with Crippen molar-refractivity contribution in [3.63, 3.8) is 0 Å². The Kier molecular flexibility index (Phi) is 5.45. The van der Waals surface area contributed by atoms with Gasteiger partial charge in [0.15, 0.2) is 0 Å². The summed E-state index contributed by atoms with van der Waals surface area (Å²) in [5.41, 5.74) is 6.47. The SMILES string of the molecule is CC(c1ccccc1Cl)N(C)CCCC(=N)N. The summed E-state index contributed by atoms with van der Waals surface area (Å²) in [5.74, 6) is 0.254. The molecule has 1 rings (SSSR count). The van der Waals surface area contributed by atoms with Gasteiger partial charge in [-0.15, -0.1) is 0 Å². The first-order valence-corrected chi connectivity index (χ1v) is 6.17. The molecular weight excluding hydrogens is 234 g/mol. The van der Waals surface area contributed by atoms with Gasteiger partial charge in [0.1, 0.15) is 0 Å². The molecule has 0 saturated heterocycles. The summed E-state index contributed by atoms with van der Waals surface area (Å²) in [6, 6.07) is 8.18. The van der Waals surface area contributed by atoms with E-state index in [9.17, 15) is 0 Å². The molecule has 0 saturated carbocycles. The molecule has 0 radical (unpaired) electrons. The first-order valence-electron chi connectivity index (χ1n) is 5.80. The molecule has 3 nitrogen and oxygen atoms in total. The molecule has 0 fully saturated rings. The van der Waals surface area contributed by atoms with E-state index in [1.807, 2.05) is 18.2 Å². The van der Waals surface area contributed by atoms with Crippen LogP contribution in [0.2, 0.25) is 5.02 Å². The number of benzene rings is 1. The molecule has 0 bridgehead atoms. The fourth-order valence-corrected chi connectivity index (χ4v) is 2.06. The molecule has 94 valence electrons. The number of halogens is 1. The molecule has 17 heavy (non-hydrogen) atoms. The molecule has 0 aromatic heterocycles. The lowest BCUT2D eigenvalue weighted by molar-refractivity contribution is 0.260. The van der Waals surface area contributed by atoms with Gasteiger partial charge < -0.3 is 5.73 Å². The number of rotatable bonds is 6. The minimum absolute atomic E-state index is 0.254. The Labute approximate surface area is 108 Å². The predicted octanol–water partition coefficient (Wildman–Crippen LogP) is 3.05. The number of hydrogen-bond donors (Lipinski definition) is 2. The van der Waals surface area contributed by atoms with Gasteiger partial charge in [-0.3, -0.25) is 10.3 Å². The highest BCUT2D eigenvalue weighted by atomic mass is 35.5. The average Bonchev–Trinajstić information content (AvgIpc) is 2.28. The van der Waals surface area contributed by atoms with E-state index in [1.165, 1.54) is 0 Å². The van der Waals surface area contributed by atoms with Gasteiger partial charge in [-0.2, -0.15) is 0 Å². The van der Waals surface area contributed by atoms with Crippen LogP contribution in [0.1, 0.15) is 31.4 Å². The fraction of sp³-hybridized carbons (Fsp3) is 0.462. The molecule has 0 aliphatic carbocycles. The quantitative estimate of drug-likeness (QED) is 0.605. The van der Waals surface area contributed by atoms with E-state index < -0.39 is 0 Å². The smallest absolute Gasteiger partial charge is 0.0905 e. The van der Waals surface area contributed by atoms with E-state index in [2.05, 4.69) is 24.9 Å². The Balaban J connectivity index is 2.55. The topological polar surface area (TPSA) is 53.1 Å². The summed E-state index contributed by atoms with van der Waals surface area (Å²) >= 11 is 6.17. The van der Waals surface area contributed by atoms with Crippen LogP contribution >= 0.6 is 11.6 Å². The average molecular weight is 254 g/mol. The van der Waals surface area contributed by atoms with Crippen LogP contribution in [-0.2, 0) is 0 Å². The second kappa shape index (κ2) is 6.62. The van der Waals surface area contributed by atoms with Crippen molar-refractivity contribution >= 4 is 17.4 Å². The molecule has 0 heterocycles.